The molecule has 1 amide bonds. The lowest BCUT2D eigenvalue weighted by molar-refractivity contribution is -0.137. The van der Waals surface area contributed by atoms with Gasteiger partial charge in [-0.15, -0.1) is 0 Å². The molecule has 2 N–H and O–H groups in total. The molecule has 2 unspecified atom stereocenters. The molecule has 2 heterocycles. The number of nitrogens with zero attached hydrogens (tertiary/aromatic N) is 2. The van der Waals surface area contributed by atoms with Gasteiger partial charge in [-0.05, 0) is 36.8 Å². The summed E-state index contributed by atoms with van der Waals surface area (Å²) in [5, 5.41) is 13.0. The van der Waals surface area contributed by atoms with Crippen LogP contribution in [0.25, 0.3) is 6.08 Å². The van der Waals surface area contributed by atoms with E-state index in [2.05, 4.69) is 31.1 Å². The summed E-state index contributed by atoms with van der Waals surface area (Å²) in [6.07, 6.45) is 4.54. The summed E-state index contributed by atoms with van der Waals surface area (Å²) in [4.78, 5) is 28.5. The van der Waals surface area contributed by atoms with Crippen LogP contribution < -0.4 is 5.32 Å². The van der Waals surface area contributed by atoms with Gasteiger partial charge in [0, 0.05) is 42.7 Å². The van der Waals surface area contributed by atoms with E-state index in [1.807, 2.05) is 0 Å². The van der Waals surface area contributed by atoms with Gasteiger partial charge < -0.3 is 20.1 Å². The van der Waals surface area contributed by atoms with E-state index in [0.717, 1.165) is 17.7 Å². The molecule has 1 aromatic rings. The quantitative estimate of drug-likeness (QED) is 0.399. The minimum absolute atomic E-state index is 0.00370. The zero-order chi connectivity index (χ0) is 20.9. The van der Waals surface area contributed by atoms with Gasteiger partial charge in [-0.1, -0.05) is 32.4 Å². The zero-order valence-corrected chi connectivity index (χ0v) is 17.5. The highest BCUT2D eigenvalue weighted by Crippen LogP contribution is 2.39. The van der Waals surface area contributed by atoms with Crippen LogP contribution in [0.15, 0.2) is 18.3 Å². The topological polar surface area (TPSA) is 91.8 Å². The number of anilines is 1. The van der Waals surface area contributed by atoms with Gasteiger partial charge in [0.1, 0.15) is 5.15 Å². The predicted molar refractivity (Wildman–Crippen MR) is 109 cm³/mol. The minimum Gasteiger partial charge on any atom is -0.465 e. The molecule has 1 saturated heterocycles. The van der Waals surface area contributed by atoms with Gasteiger partial charge in [0.25, 0.3) is 0 Å². The van der Waals surface area contributed by atoms with Crippen molar-refractivity contribution in [3.8, 4) is 0 Å². The summed E-state index contributed by atoms with van der Waals surface area (Å²) < 4.78 is 4.89. The fourth-order valence-electron chi connectivity index (χ4n) is 3.67. The monoisotopic (exact) mass is 409 g/mol. The Morgan fingerprint density at radius 2 is 2.18 bits per heavy atom. The number of esters is 1. The number of nitrogens with one attached hydrogen (secondary N) is 1. The van der Waals surface area contributed by atoms with Crippen molar-refractivity contribution < 1.29 is 19.4 Å². The maximum atomic E-state index is 11.5. The van der Waals surface area contributed by atoms with Crippen LogP contribution in [0.5, 0.6) is 0 Å². The molecule has 8 heteroatoms. The molecular formula is C20H28ClN3O4. The average molecular weight is 410 g/mol. The maximum Gasteiger partial charge on any atom is 0.407 e. The lowest BCUT2D eigenvalue weighted by atomic mass is 9.71. The van der Waals surface area contributed by atoms with Crippen molar-refractivity contribution in [1.82, 2.24) is 9.88 Å². The Morgan fingerprint density at radius 3 is 2.79 bits per heavy atom. The molecule has 28 heavy (non-hydrogen) atoms. The van der Waals surface area contributed by atoms with Gasteiger partial charge in [0.15, 0.2) is 0 Å². The number of hydrogen-bond donors (Lipinski definition) is 2. The van der Waals surface area contributed by atoms with E-state index < -0.39 is 12.1 Å². The van der Waals surface area contributed by atoms with Crippen LogP contribution in [0.3, 0.4) is 0 Å². The van der Waals surface area contributed by atoms with Crippen molar-refractivity contribution in [2.45, 2.75) is 40.2 Å². The number of aromatic nitrogens is 1. The highest BCUT2D eigenvalue weighted by Gasteiger charge is 2.47. The molecule has 1 aliphatic heterocycles. The van der Waals surface area contributed by atoms with E-state index in [9.17, 15) is 14.7 Å². The summed E-state index contributed by atoms with van der Waals surface area (Å²) >= 11 is 6.01. The van der Waals surface area contributed by atoms with Crippen LogP contribution in [-0.2, 0) is 9.53 Å². The molecule has 1 fully saturated rings. The standard InChI is InChI=1S/C20H28ClN3O4/c1-5-28-17(25)7-6-13-11-23-16(21)10-15(13)22-9-8-14-12-24(19(26)27)18(14)20(2,3)4/h6-7,10-11,14,18H,5,8-9,12H2,1-4H3,(H,22,23)(H,26,27). The third-order valence-corrected chi connectivity index (χ3v) is 4.97. The first-order valence-corrected chi connectivity index (χ1v) is 9.75. The second-order valence-electron chi connectivity index (χ2n) is 7.90. The van der Waals surface area contributed by atoms with Gasteiger partial charge in [0.2, 0.25) is 0 Å². The molecule has 2 rings (SSSR count). The third-order valence-electron chi connectivity index (χ3n) is 4.76. The highest BCUT2D eigenvalue weighted by molar-refractivity contribution is 6.29. The lowest BCUT2D eigenvalue weighted by Crippen LogP contribution is -2.63. The van der Waals surface area contributed by atoms with Crippen LogP contribution in [0.1, 0.15) is 39.7 Å². The second kappa shape index (κ2) is 9.28. The Bertz CT molecular complexity index is 745. The Labute approximate surface area is 170 Å². The number of amides is 1. The van der Waals surface area contributed by atoms with E-state index in [-0.39, 0.29) is 11.5 Å². The molecule has 7 nitrogen and oxygen atoms in total. The second-order valence-corrected chi connectivity index (χ2v) is 8.29. The lowest BCUT2D eigenvalue weighted by Gasteiger charge is -2.53. The van der Waals surface area contributed by atoms with Crippen LogP contribution in [0.2, 0.25) is 5.15 Å². The summed E-state index contributed by atoms with van der Waals surface area (Å²) in [5.74, 6) is -0.126. The van der Waals surface area contributed by atoms with Crippen LogP contribution in [-0.4, -0.2) is 52.8 Å². The first-order valence-electron chi connectivity index (χ1n) is 9.37. The number of rotatable bonds is 7. The fraction of sp³-hybridized carbons (Fsp3) is 0.550. The molecule has 1 aromatic heterocycles. The molecule has 0 aromatic carbocycles. The summed E-state index contributed by atoms with van der Waals surface area (Å²) in [7, 11) is 0. The van der Waals surface area contributed by atoms with Crippen molar-refractivity contribution >= 4 is 35.4 Å². The van der Waals surface area contributed by atoms with Crippen molar-refractivity contribution in [3.05, 3.63) is 29.1 Å². The molecule has 154 valence electrons. The number of halogens is 1. The summed E-state index contributed by atoms with van der Waals surface area (Å²) in [6, 6.07) is 1.70. The van der Waals surface area contributed by atoms with E-state index in [1.165, 1.54) is 11.0 Å². The van der Waals surface area contributed by atoms with Crippen molar-refractivity contribution in [3.63, 3.8) is 0 Å². The molecular weight excluding hydrogens is 382 g/mol. The smallest absolute Gasteiger partial charge is 0.407 e. The van der Waals surface area contributed by atoms with Crippen LogP contribution in [0.4, 0.5) is 10.5 Å². The number of carbonyl (C=O) groups is 2. The van der Waals surface area contributed by atoms with Gasteiger partial charge in [0.05, 0.1) is 6.61 Å². The molecule has 0 aliphatic carbocycles. The Balaban J connectivity index is 2.00. The SMILES string of the molecule is CCOC(=O)C=Cc1cnc(Cl)cc1NCCC1CN(C(=O)O)C1C(C)(C)C. The Hall–Kier alpha value is -2.28. The first kappa shape index (κ1) is 22.0. The minimum atomic E-state index is -0.864. The van der Waals surface area contributed by atoms with Gasteiger partial charge >= 0.3 is 12.1 Å². The number of pyridine rings is 1. The molecule has 0 radical (unpaired) electrons. The van der Waals surface area contributed by atoms with E-state index >= 15 is 0 Å². The van der Waals surface area contributed by atoms with E-state index in [1.54, 1.807) is 25.3 Å². The van der Waals surface area contributed by atoms with Gasteiger partial charge in [-0.3, -0.25) is 0 Å². The number of hydrogen-bond acceptors (Lipinski definition) is 5. The number of carbonyl (C=O) groups excluding carboxylic acids is 1. The molecule has 0 saturated carbocycles. The van der Waals surface area contributed by atoms with E-state index in [4.69, 9.17) is 16.3 Å². The fourth-order valence-corrected chi connectivity index (χ4v) is 3.83. The Kier molecular flexibility index (Phi) is 7.29. The zero-order valence-electron chi connectivity index (χ0n) is 16.7. The largest absolute Gasteiger partial charge is 0.465 e. The summed E-state index contributed by atoms with van der Waals surface area (Å²) in [6.45, 7) is 9.46. The number of carboxylic acid groups (broad SMARTS) is 1. The van der Waals surface area contributed by atoms with E-state index in [0.29, 0.717) is 30.8 Å². The van der Waals surface area contributed by atoms with Gasteiger partial charge in [-0.25, -0.2) is 14.6 Å². The first-order chi connectivity index (χ1) is 13.1. The predicted octanol–water partition coefficient (Wildman–Crippen LogP) is 4.14. The maximum absolute atomic E-state index is 11.5. The van der Waals surface area contributed by atoms with Crippen LogP contribution >= 0.6 is 11.6 Å². The molecule has 0 bridgehead atoms. The third kappa shape index (κ3) is 5.61. The molecule has 0 spiro atoms. The van der Waals surface area contributed by atoms with Crippen molar-refractivity contribution in [1.29, 1.82) is 0 Å². The highest BCUT2D eigenvalue weighted by atomic mass is 35.5. The van der Waals surface area contributed by atoms with Crippen molar-refractivity contribution in [2.75, 3.05) is 25.0 Å². The summed E-state index contributed by atoms with van der Waals surface area (Å²) in [5.41, 5.74) is 1.38. The number of ether oxygens (including phenoxy) is 1. The molecule has 2 atom stereocenters. The normalized spacial score (nSPS) is 19.4. The van der Waals surface area contributed by atoms with Crippen molar-refractivity contribution in [2.24, 2.45) is 11.3 Å². The van der Waals surface area contributed by atoms with Crippen LogP contribution in [0, 0.1) is 11.3 Å². The van der Waals surface area contributed by atoms with Gasteiger partial charge in [-0.2, -0.15) is 0 Å². The number of likely N-dealkylation sites (tertiary alicyclic amines) is 1. The Morgan fingerprint density at radius 1 is 1.46 bits per heavy atom. The average Bonchev–Trinajstić information content (AvgIpc) is 2.54. The molecule has 1 aliphatic rings.